The van der Waals surface area contributed by atoms with Crippen molar-refractivity contribution in [2.24, 2.45) is 10.9 Å². The van der Waals surface area contributed by atoms with Crippen LogP contribution in [0, 0.1) is 5.92 Å². The zero-order chi connectivity index (χ0) is 59.3. The molecule has 2 unspecified atom stereocenters. The van der Waals surface area contributed by atoms with E-state index in [-0.39, 0.29) is 41.4 Å². The number of hydrogen-bond donors (Lipinski definition) is 0. The average molecular weight is 1180 g/mol. The van der Waals surface area contributed by atoms with Crippen LogP contribution in [0.25, 0.3) is 81.1 Å². The molecule has 9 aliphatic rings. The van der Waals surface area contributed by atoms with Crippen LogP contribution in [0.5, 0.6) is 0 Å². The van der Waals surface area contributed by atoms with Gasteiger partial charge in [-0.15, -0.1) is 21.5 Å². The summed E-state index contributed by atoms with van der Waals surface area (Å²) >= 11 is 1.45. The summed E-state index contributed by atoms with van der Waals surface area (Å²) in [6.07, 6.45) is 13.5. The molecule has 18 heteroatoms. The monoisotopic (exact) mass is 1180 g/mol. The summed E-state index contributed by atoms with van der Waals surface area (Å²) < 4.78 is 0.782. The quantitative estimate of drug-likeness (QED) is 0.0894. The molecule has 426 valence electrons. The predicted octanol–water partition coefficient (Wildman–Crippen LogP) is 12.3. The Morgan fingerprint density at radius 1 is 0.449 bits per heavy atom. The lowest BCUT2D eigenvalue weighted by atomic mass is 9.64. The van der Waals surface area contributed by atoms with Crippen LogP contribution >= 0.6 is 11.3 Å². The highest BCUT2D eigenvalue weighted by Crippen LogP contribution is 2.59. The van der Waals surface area contributed by atoms with Crippen LogP contribution in [-0.2, 0) is 9.59 Å². The lowest BCUT2D eigenvalue weighted by Crippen LogP contribution is -2.51. The second-order valence-electron chi connectivity index (χ2n) is 25.1. The normalized spacial score (nSPS) is 22.0. The maximum atomic E-state index is 15.0. The molecule has 89 heavy (non-hydrogen) atoms. The van der Waals surface area contributed by atoms with E-state index in [1.165, 1.54) is 32.2 Å². The van der Waals surface area contributed by atoms with Crippen LogP contribution < -0.4 is 9.80 Å². The molecule has 7 aromatic carbocycles. The van der Waals surface area contributed by atoms with E-state index in [9.17, 15) is 38.4 Å². The number of anilines is 2. The van der Waals surface area contributed by atoms with Gasteiger partial charge in [0.25, 0.3) is 47.3 Å². The number of rotatable bonds is 5. The number of piperidine rings is 1. The second-order valence-corrected chi connectivity index (χ2v) is 26.1. The zero-order valence-electron chi connectivity index (χ0n) is 47.0. The highest BCUT2D eigenvalue weighted by Gasteiger charge is 2.54. The molecule has 3 fully saturated rings. The molecule has 0 N–H and O–H groups in total. The number of carbonyl (C=O) groups excluding carboxylic acids is 8. The summed E-state index contributed by atoms with van der Waals surface area (Å²) in [5.74, 6) is -4.38. The standard InChI is InChI=1S/C71H43N9O8S/c81-64-39-24-23-38-51-47(39)42(27-73-60(51)50-36-13-7-8-14-37(36)53-49-44(29-72-59(38)57(49)50)69(86)79(70(53)87)33-11-5-2-6-12-33)67(84)78(64)34-19-15-30(16-20-34)31-17-21-35(22-18-31)80-66(83)41-26-46-55-54-45(89-46)25-40-48-43(68(85)77(65(40)82)32-9-3-1-4-10-32)28-74-61(56(48)54)62-58(55)52(41)63(71(80)88)76-75-62/h1,3-4,7-10,13-14,17-18,21-30,33-34,48,56H,2,5-6,11-12,15-16,19-20H2. The Labute approximate surface area is 506 Å². The minimum absolute atomic E-state index is 0.0394. The molecule has 9 heterocycles. The van der Waals surface area contributed by atoms with Crippen molar-refractivity contribution in [3.05, 3.63) is 182 Å². The van der Waals surface area contributed by atoms with E-state index in [0.717, 1.165) is 73.9 Å². The molecular formula is C71H43N9O8S. The molecule has 4 aliphatic carbocycles. The fourth-order valence-electron chi connectivity index (χ4n) is 17.1. The molecule has 11 aromatic rings. The minimum Gasteiger partial charge on any atom is -0.271 e. The average Bonchev–Trinajstić information content (AvgIpc) is 1.69. The SMILES string of the molecule is O=C1C2=CN=C3c4nnc5c6c(cc7sc8c(c7c46)C3C2C(=C8)C(=O)N1c1ccccc1)C(=O)N(c1ccc(C2CCC(N3C(=O)c4ccc6c7ncc8c9c(c%10ccccc%10c(c%10ncc(c4c6%10)C3=O)c97)C(=O)N(C3CCCCC3)C8=O)CC2)cc1)C5=O. The number of thiophene rings is 1. The van der Waals surface area contributed by atoms with Gasteiger partial charge in [0.2, 0.25) is 0 Å². The van der Waals surface area contributed by atoms with Gasteiger partial charge in [0.1, 0.15) is 5.69 Å². The molecule has 0 spiro atoms. The Bertz CT molecular complexity index is 5460. The molecule has 8 amide bonds. The van der Waals surface area contributed by atoms with Crippen molar-refractivity contribution in [1.29, 1.82) is 0 Å². The van der Waals surface area contributed by atoms with E-state index in [2.05, 4.69) is 10.2 Å². The summed E-state index contributed by atoms with van der Waals surface area (Å²) in [5, 5.41) is 16.4. The number of fused-ring (bicyclic) bond motifs is 6. The van der Waals surface area contributed by atoms with Crippen molar-refractivity contribution < 1.29 is 38.4 Å². The fourth-order valence-corrected chi connectivity index (χ4v) is 18.4. The van der Waals surface area contributed by atoms with Gasteiger partial charge in [-0.1, -0.05) is 79.9 Å². The molecule has 0 radical (unpaired) electrons. The minimum atomic E-state index is -0.612. The molecule has 2 saturated carbocycles. The number of nitrogens with zero attached hydrogens (tertiary/aromatic N) is 9. The lowest BCUT2D eigenvalue weighted by Gasteiger charge is -2.43. The van der Waals surface area contributed by atoms with Gasteiger partial charge in [-0.25, -0.2) is 9.80 Å². The summed E-state index contributed by atoms with van der Waals surface area (Å²) in [6, 6.07) is 28.9. The number of imide groups is 4. The highest BCUT2D eigenvalue weighted by atomic mass is 32.1. The van der Waals surface area contributed by atoms with Gasteiger partial charge in [0.05, 0.1) is 50.4 Å². The van der Waals surface area contributed by atoms with E-state index in [0.29, 0.717) is 142 Å². The number of carbonyl (C=O) groups is 8. The van der Waals surface area contributed by atoms with E-state index < -0.39 is 41.4 Å². The van der Waals surface area contributed by atoms with Crippen LogP contribution in [0.2, 0.25) is 0 Å². The molecule has 4 aromatic heterocycles. The van der Waals surface area contributed by atoms with Gasteiger partial charge < -0.3 is 0 Å². The van der Waals surface area contributed by atoms with Crippen molar-refractivity contribution >= 4 is 157 Å². The first-order valence-corrected chi connectivity index (χ1v) is 31.2. The number of aromatic nitrogens is 4. The first-order valence-electron chi connectivity index (χ1n) is 30.4. The summed E-state index contributed by atoms with van der Waals surface area (Å²) in [7, 11) is 0. The van der Waals surface area contributed by atoms with E-state index in [4.69, 9.17) is 15.0 Å². The largest absolute Gasteiger partial charge is 0.286 e. The molecular weight excluding hydrogens is 1140 g/mol. The summed E-state index contributed by atoms with van der Waals surface area (Å²) in [6.45, 7) is 0. The van der Waals surface area contributed by atoms with Gasteiger partial charge in [-0.2, -0.15) is 0 Å². The number of pyridine rings is 2. The molecule has 20 rings (SSSR count). The van der Waals surface area contributed by atoms with E-state index in [1.54, 1.807) is 54.9 Å². The maximum absolute atomic E-state index is 15.0. The topological polar surface area (TPSA) is 213 Å². The van der Waals surface area contributed by atoms with Gasteiger partial charge in [0.15, 0.2) is 5.69 Å². The number of para-hydroxylation sites is 1. The first kappa shape index (κ1) is 49.5. The Kier molecular flexibility index (Phi) is 9.53. The van der Waals surface area contributed by atoms with Crippen molar-refractivity contribution in [2.75, 3.05) is 9.80 Å². The molecule has 17 nitrogen and oxygen atoms in total. The maximum Gasteiger partial charge on any atom is 0.286 e. The number of aliphatic imine (C=N–C) groups is 1. The van der Waals surface area contributed by atoms with Crippen molar-refractivity contribution in [3.63, 3.8) is 0 Å². The van der Waals surface area contributed by atoms with Crippen molar-refractivity contribution in [1.82, 2.24) is 30.0 Å². The number of benzene rings is 7. The van der Waals surface area contributed by atoms with E-state index >= 15 is 0 Å². The summed E-state index contributed by atoms with van der Waals surface area (Å²) in [5.41, 5.74) is 7.65. The van der Waals surface area contributed by atoms with Gasteiger partial charge >= 0.3 is 0 Å². The van der Waals surface area contributed by atoms with Crippen LogP contribution in [-0.4, -0.2) is 95.0 Å². The zero-order valence-corrected chi connectivity index (χ0v) is 47.8. The molecule has 1 saturated heterocycles. The Morgan fingerprint density at radius 3 is 1.89 bits per heavy atom. The van der Waals surface area contributed by atoms with Gasteiger partial charge in [-0.3, -0.25) is 63.1 Å². The highest BCUT2D eigenvalue weighted by molar-refractivity contribution is 7.20. The van der Waals surface area contributed by atoms with E-state index in [1.807, 2.05) is 60.7 Å². The molecule has 2 atom stereocenters. The Morgan fingerprint density at radius 2 is 1.10 bits per heavy atom. The third-order valence-electron chi connectivity index (χ3n) is 21.0. The van der Waals surface area contributed by atoms with Gasteiger partial charge in [0, 0.05) is 117 Å². The Hall–Kier alpha value is -10.6. The van der Waals surface area contributed by atoms with Crippen LogP contribution in [0.15, 0.2) is 132 Å². The number of amides is 8. The van der Waals surface area contributed by atoms with Crippen LogP contribution in [0.4, 0.5) is 11.4 Å². The van der Waals surface area contributed by atoms with Gasteiger partial charge in [-0.05, 0) is 109 Å². The predicted molar refractivity (Wildman–Crippen MR) is 334 cm³/mol. The molecule has 5 aliphatic heterocycles. The second kappa shape index (κ2) is 17.1. The van der Waals surface area contributed by atoms with Crippen molar-refractivity contribution in [3.8, 4) is 0 Å². The van der Waals surface area contributed by atoms with Crippen LogP contribution in [0.3, 0.4) is 0 Å². The third-order valence-corrected chi connectivity index (χ3v) is 22.1. The summed E-state index contributed by atoms with van der Waals surface area (Å²) in [4.78, 5) is 138. The Balaban J connectivity index is 0.595. The molecule has 0 bridgehead atoms. The lowest BCUT2D eigenvalue weighted by molar-refractivity contribution is -0.124. The number of hydrogen-bond acceptors (Lipinski definition) is 14. The van der Waals surface area contributed by atoms with Crippen LogP contribution in [0.1, 0.15) is 154 Å². The third kappa shape index (κ3) is 6.06. The first-order chi connectivity index (χ1) is 43.5. The van der Waals surface area contributed by atoms with Crippen molar-refractivity contribution in [2.45, 2.75) is 81.7 Å². The fraction of sp³-hybridized carbons (Fsp3) is 0.197. The smallest absolute Gasteiger partial charge is 0.271 e.